The molecule has 0 spiro atoms. The second-order valence-electron chi connectivity index (χ2n) is 7.31. The lowest BCUT2D eigenvalue weighted by Crippen LogP contribution is -2.22. The van der Waals surface area contributed by atoms with E-state index in [4.69, 9.17) is 4.98 Å². The second kappa shape index (κ2) is 8.52. The summed E-state index contributed by atoms with van der Waals surface area (Å²) in [6, 6.07) is 24.7. The minimum atomic E-state index is -0.136. The van der Waals surface area contributed by atoms with E-state index < -0.39 is 0 Å². The number of aromatic nitrogens is 2. The van der Waals surface area contributed by atoms with Crippen LogP contribution in [-0.2, 0) is 0 Å². The molecule has 4 nitrogen and oxygen atoms in total. The Labute approximate surface area is 206 Å². The van der Waals surface area contributed by atoms with Gasteiger partial charge in [0, 0.05) is 19.0 Å². The Balaban J connectivity index is 1.82. The first-order valence-electron chi connectivity index (χ1n) is 9.88. The van der Waals surface area contributed by atoms with Gasteiger partial charge in [-0.05, 0) is 82.6 Å². The Morgan fingerprint density at radius 1 is 0.906 bits per heavy atom. The Hall–Kier alpha value is -2.97. The lowest BCUT2D eigenvalue weighted by Gasteiger charge is -2.14. The predicted octanol–water partition coefficient (Wildman–Crippen LogP) is 6.78. The molecule has 0 unspecified atom stereocenters. The van der Waals surface area contributed by atoms with Crippen LogP contribution in [0.4, 0.5) is 0 Å². The SMILES string of the molecule is O=c1c2cc(I)ccc2nc(C=Cc2cc(Br)ccc2O)n1-c1cccc2ccccc12. The van der Waals surface area contributed by atoms with Gasteiger partial charge in [-0.2, -0.15) is 0 Å². The van der Waals surface area contributed by atoms with E-state index in [1.54, 1.807) is 28.9 Å². The smallest absolute Gasteiger partial charge is 0.266 e. The lowest BCUT2D eigenvalue weighted by atomic mass is 10.1. The second-order valence-corrected chi connectivity index (χ2v) is 9.47. The highest BCUT2D eigenvalue weighted by Gasteiger charge is 2.14. The van der Waals surface area contributed by atoms with Crippen molar-refractivity contribution in [1.29, 1.82) is 0 Å². The summed E-state index contributed by atoms with van der Waals surface area (Å²) in [6.07, 6.45) is 3.53. The van der Waals surface area contributed by atoms with E-state index in [2.05, 4.69) is 38.5 Å². The maximum absolute atomic E-state index is 13.7. The van der Waals surface area contributed by atoms with Crippen LogP contribution in [0.15, 0.2) is 88.1 Å². The van der Waals surface area contributed by atoms with E-state index in [0.717, 1.165) is 24.5 Å². The summed E-state index contributed by atoms with van der Waals surface area (Å²) in [7, 11) is 0. The minimum Gasteiger partial charge on any atom is -0.507 e. The fraction of sp³-hybridized carbons (Fsp3) is 0. The zero-order valence-electron chi connectivity index (χ0n) is 16.7. The fourth-order valence-corrected chi connectivity index (χ4v) is 4.62. The summed E-state index contributed by atoms with van der Waals surface area (Å²) in [4.78, 5) is 18.5. The Morgan fingerprint density at radius 2 is 1.72 bits per heavy atom. The van der Waals surface area contributed by atoms with E-state index in [0.29, 0.717) is 22.3 Å². The van der Waals surface area contributed by atoms with Gasteiger partial charge in [0.2, 0.25) is 0 Å². The number of hydrogen-bond acceptors (Lipinski definition) is 3. The quantitative estimate of drug-likeness (QED) is 0.234. The van der Waals surface area contributed by atoms with Crippen LogP contribution in [-0.4, -0.2) is 14.7 Å². The summed E-state index contributed by atoms with van der Waals surface area (Å²) in [6.45, 7) is 0. The third-order valence-corrected chi connectivity index (χ3v) is 6.43. The molecule has 5 rings (SSSR count). The van der Waals surface area contributed by atoms with Crippen LogP contribution in [0.25, 0.3) is 39.5 Å². The number of phenolic OH excluding ortho intramolecular Hbond substituents is 1. The zero-order valence-corrected chi connectivity index (χ0v) is 20.4. The molecule has 32 heavy (non-hydrogen) atoms. The third-order valence-electron chi connectivity index (χ3n) is 5.27. The molecule has 5 aromatic rings. The van der Waals surface area contributed by atoms with E-state index in [1.807, 2.05) is 66.7 Å². The number of halogens is 2. The van der Waals surface area contributed by atoms with Crippen molar-refractivity contribution in [2.45, 2.75) is 0 Å². The molecule has 1 aromatic heterocycles. The van der Waals surface area contributed by atoms with Crippen molar-refractivity contribution in [2.24, 2.45) is 0 Å². The minimum absolute atomic E-state index is 0.136. The first kappa shape index (κ1) is 20.9. The van der Waals surface area contributed by atoms with E-state index in [1.165, 1.54) is 0 Å². The highest BCUT2D eigenvalue weighted by Crippen LogP contribution is 2.26. The predicted molar refractivity (Wildman–Crippen MR) is 142 cm³/mol. The molecule has 0 aliphatic carbocycles. The van der Waals surface area contributed by atoms with Crippen molar-refractivity contribution in [2.75, 3.05) is 0 Å². The van der Waals surface area contributed by atoms with E-state index >= 15 is 0 Å². The Kier molecular flexibility index (Phi) is 5.57. The number of rotatable bonds is 3. The normalized spacial score (nSPS) is 11.6. The summed E-state index contributed by atoms with van der Waals surface area (Å²) in [5.41, 5.74) is 1.88. The van der Waals surface area contributed by atoms with Crippen molar-refractivity contribution in [3.8, 4) is 11.4 Å². The molecule has 0 aliphatic rings. The highest BCUT2D eigenvalue weighted by molar-refractivity contribution is 14.1. The first-order chi connectivity index (χ1) is 15.5. The van der Waals surface area contributed by atoms with E-state index in [-0.39, 0.29) is 11.3 Å². The van der Waals surface area contributed by atoms with Crippen molar-refractivity contribution in [1.82, 2.24) is 9.55 Å². The highest BCUT2D eigenvalue weighted by atomic mass is 127. The van der Waals surface area contributed by atoms with Gasteiger partial charge in [0.05, 0.1) is 16.6 Å². The number of benzene rings is 4. The molecule has 4 aromatic carbocycles. The molecule has 156 valence electrons. The molecule has 1 heterocycles. The van der Waals surface area contributed by atoms with Crippen molar-refractivity contribution < 1.29 is 5.11 Å². The molecular weight excluding hydrogens is 579 g/mol. The van der Waals surface area contributed by atoms with Gasteiger partial charge in [-0.15, -0.1) is 0 Å². The summed E-state index contributed by atoms with van der Waals surface area (Å²) < 4.78 is 3.47. The van der Waals surface area contributed by atoms with Gasteiger partial charge in [0.25, 0.3) is 5.56 Å². The average molecular weight is 595 g/mol. The summed E-state index contributed by atoms with van der Waals surface area (Å²) in [5, 5.41) is 12.8. The number of nitrogens with zero attached hydrogens (tertiary/aromatic N) is 2. The Morgan fingerprint density at radius 3 is 2.59 bits per heavy atom. The average Bonchev–Trinajstić information content (AvgIpc) is 2.80. The van der Waals surface area contributed by atoms with Gasteiger partial charge in [-0.1, -0.05) is 52.3 Å². The molecule has 0 radical (unpaired) electrons. The number of phenols is 1. The molecule has 0 atom stereocenters. The standard InChI is InChI=1S/C26H16BrIN2O2/c27-18-9-12-24(31)17(14-18)8-13-25-29-22-11-10-19(28)15-21(22)26(32)30(25)23-7-3-5-16-4-1-2-6-20(16)23/h1-15,31H. The molecule has 0 aliphatic heterocycles. The Bertz CT molecular complexity index is 1590. The van der Waals surface area contributed by atoms with Gasteiger partial charge in [0.15, 0.2) is 0 Å². The van der Waals surface area contributed by atoms with Crippen LogP contribution in [0.2, 0.25) is 0 Å². The lowest BCUT2D eigenvalue weighted by molar-refractivity contribution is 0.474. The number of fused-ring (bicyclic) bond motifs is 2. The molecule has 0 bridgehead atoms. The van der Waals surface area contributed by atoms with Crippen LogP contribution >= 0.6 is 38.5 Å². The summed E-state index contributed by atoms with van der Waals surface area (Å²) in [5.74, 6) is 0.637. The zero-order chi connectivity index (χ0) is 22.2. The first-order valence-corrected chi connectivity index (χ1v) is 11.8. The molecule has 0 amide bonds. The van der Waals surface area contributed by atoms with Gasteiger partial charge in [-0.3, -0.25) is 9.36 Å². The monoisotopic (exact) mass is 594 g/mol. The van der Waals surface area contributed by atoms with Crippen molar-refractivity contribution >= 4 is 72.3 Å². The van der Waals surface area contributed by atoms with Crippen LogP contribution in [0.1, 0.15) is 11.4 Å². The topological polar surface area (TPSA) is 55.1 Å². The van der Waals surface area contributed by atoms with Gasteiger partial charge >= 0.3 is 0 Å². The van der Waals surface area contributed by atoms with Gasteiger partial charge < -0.3 is 5.11 Å². The van der Waals surface area contributed by atoms with Gasteiger partial charge in [0.1, 0.15) is 11.6 Å². The molecule has 0 saturated carbocycles. The molecule has 6 heteroatoms. The van der Waals surface area contributed by atoms with Gasteiger partial charge in [-0.25, -0.2) is 4.98 Å². The van der Waals surface area contributed by atoms with Crippen LogP contribution in [0, 0.1) is 3.57 Å². The molecule has 1 N–H and O–H groups in total. The molecule has 0 saturated heterocycles. The number of aromatic hydroxyl groups is 1. The maximum Gasteiger partial charge on any atom is 0.266 e. The van der Waals surface area contributed by atoms with Crippen LogP contribution in [0.3, 0.4) is 0 Å². The van der Waals surface area contributed by atoms with Crippen molar-refractivity contribution in [3.63, 3.8) is 0 Å². The van der Waals surface area contributed by atoms with Crippen LogP contribution in [0.5, 0.6) is 5.75 Å². The van der Waals surface area contributed by atoms with Crippen LogP contribution < -0.4 is 5.56 Å². The van der Waals surface area contributed by atoms with Crippen molar-refractivity contribution in [3.05, 3.63) is 109 Å². The molecular formula is C26H16BrIN2O2. The molecule has 0 fully saturated rings. The maximum atomic E-state index is 13.7. The largest absolute Gasteiger partial charge is 0.507 e. The third kappa shape index (κ3) is 3.84. The van der Waals surface area contributed by atoms with E-state index in [9.17, 15) is 9.90 Å². The number of hydrogen-bond donors (Lipinski definition) is 1. The fourth-order valence-electron chi connectivity index (χ4n) is 3.75. The summed E-state index contributed by atoms with van der Waals surface area (Å²) >= 11 is 5.64.